The highest BCUT2D eigenvalue weighted by Gasteiger charge is 2.88. The Balaban J connectivity index is 0.919. The zero-order valence-corrected chi connectivity index (χ0v) is 33.6. The SMILES string of the molecule is COCCOCCN1CC2C3=C4C5C6=C(C3)CC3CC7=CC8CC9CC%10CC%11CC2(C2C4C4C5C5C(C63)C7C3C8C9C6C%10C(C4C6C35)C%112)C1c1ccccc1C. The van der Waals surface area contributed by atoms with Crippen molar-refractivity contribution in [2.45, 2.75) is 57.9 Å². The minimum Gasteiger partial charge on any atom is -0.382 e. The third kappa shape index (κ3) is 2.76. The molecule has 18 rings (SSSR count). The molecule has 3 nitrogen and oxygen atoms in total. The van der Waals surface area contributed by atoms with Gasteiger partial charge in [0.1, 0.15) is 0 Å². The highest BCUT2D eigenvalue weighted by Crippen LogP contribution is 2.93. The molecule has 27 unspecified atom stereocenters. The van der Waals surface area contributed by atoms with Gasteiger partial charge in [0.15, 0.2) is 0 Å². The molecule has 0 amide bonds. The fraction of sp³-hybridized carbons (Fsp3) is 0.774. The molecule has 0 N–H and O–H groups in total. The van der Waals surface area contributed by atoms with Crippen LogP contribution in [0.2, 0.25) is 0 Å². The topological polar surface area (TPSA) is 21.7 Å². The third-order valence-electron chi connectivity index (χ3n) is 24.8. The van der Waals surface area contributed by atoms with Gasteiger partial charge in [0, 0.05) is 43.5 Å². The maximum atomic E-state index is 6.39. The summed E-state index contributed by atoms with van der Waals surface area (Å²) in [4.78, 5) is 3.09. The smallest absolute Gasteiger partial charge is 0.0700 e. The van der Waals surface area contributed by atoms with Crippen molar-refractivity contribution < 1.29 is 9.47 Å². The number of fused-ring (bicyclic) bond motifs is 1. The number of hydrogen-bond acceptors (Lipinski definition) is 3. The largest absolute Gasteiger partial charge is 0.382 e. The molecular weight excluding hydrogens is 683 g/mol. The first-order valence-corrected chi connectivity index (χ1v) is 24.7. The maximum absolute atomic E-state index is 6.39. The molecule has 12 saturated carbocycles. The summed E-state index contributed by atoms with van der Waals surface area (Å²) in [5.74, 6) is 25.9. The van der Waals surface area contributed by atoms with Gasteiger partial charge in [-0.3, -0.25) is 4.90 Å². The summed E-state index contributed by atoms with van der Waals surface area (Å²) < 4.78 is 11.8. The van der Waals surface area contributed by atoms with E-state index in [4.69, 9.17) is 9.47 Å². The number of ether oxygens (including phenoxy) is 2. The van der Waals surface area contributed by atoms with Crippen molar-refractivity contribution in [2.75, 3.05) is 40.0 Å². The van der Waals surface area contributed by atoms with Gasteiger partial charge in [0.05, 0.1) is 19.8 Å². The molecule has 13 fully saturated rings. The van der Waals surface area contributed by atoms with Gasteiger partial charge in [-0.15, -0.1) is 0 Å². The maximum Gasteiger partial charge on any atom is 0.0700 e. The fourth-order valence-electron chi connectivity index (χ4n) is 25.8. The van der Waals surface area contributed by atoms with E-state index in [-0.39, 0.29) is 0 Å². The Morgan fingerprint density at radius 2 is 1.48 bits per heavy atom. The average Bonchev–Trinajstić information content (AvgIpc) is 4.05. The number of nitrogens with zero attached hydrogens (tertiary/aromatic N) is 1. The van der Waals surface area contributed by atoms with Crippen molar-refractivity contribution in [1.82, 2.24) is 4.90 Å². The Morgan fingerprint density at radius 1 is 0.696 bits per heavy atom. The number of benzene rings is 1. The van der Waals surface area contributed by atoms with Crippen LogP contribution in [0.4, 0.5) is 0 Å². The van der Waals surface area contributed by atoms with Gasteiger partial charge in [0.25, 0.3) is 0 Å². The van der Waals surface area contributed by atoms with Gasteiger partial charge < -0.3 is 9.47 Å². The molecule has 0 radical (unpaired) electrons. The summed E-state index contributed by atoms with van der Waals surface area (Å²) in [5, 5.41) is 0. The summed E-state index contributed by atoms with van der Waals surface area (Å²) in [6.45, 7) is 7.15. The molecule has 1 saturated heterocycles. The second kappa shape index (κ2) is 9.29. The Bertz CT molecular complexity index is 2200. The van der Waals surface area contributed by atoms with E-state index in [9.17, 15) is 0 Å². The number of likely N-dealkylation sites (tertiary alicyclic amines) is 1. The van der Waals surface area contributed by atoms with Gasteiger partial charge in [0.2, 0.25) is 0 Å². The highest BCUT2D eigenvalue weighted by atomic mass is 16.5. The molecule has 1 spiro atoms. The van der Waals surface area contributed by atoms with Crippen LogP contribution in [0.3, 0.4) is 0 Å². The van der Waals surface area contributed by atoms with E-state index in [0.717, 1.165) is 168 Å². The number of hydrogen-bond donors (Lipinski definition) is 0. The van der Waals surface area contributed by atoms with E-state index in [2.05, 4.69) is 70.0 Å². The molecule has 27 atom stereocenters. The van der Waals surface area contributed by atoms with Crippen molar-refractivity contribution >= 4 is 0 Å². The molecule has 3 heteroatoms. The molecule has 1 aliphatic heterocycles. The zero-order valence-electron chi connectivity index (χ0n) is 33.6. The Kier molecular flexibility index (Phi) is 5.04. The first kappa shape index (κ1) is 30.4. The van der Waals surface area contributed by atoms with Crippen LogP contribution >= 0.6 is 0 Å². The monoisotopic (exact) mass is 743 g/mol. The van der Waals surface area contributed by atoms with Gasteiger partial charge in [-0.05, 0) is 199 Å². The quantitative estimate of drug-likeness (QED) is 0.206. The van der Waals surface area contributed by atoms with Crippen molar-refractivity contribution in [3.63, 3.8) is 0 Å². The minimum absolute atomic E-state index is 0.408. The molecule has 0 bridgehead atoms. The lowest BCUT2D eigenvalue weighted by Gasteiger charge is -2.62. The van der Waals surface area contributed by atoms with Crippen LogP contribution in [-0.4, -0.2) is 44.9 Å². The van der Waals surface area contributed by atoms with E-state index >= 15 is 0 Å². The van der Waals surface area contributed by atoms with Crippen LogP contribution in [0, 0.1) is 160 Å². The van der Waals surface area contributed by atoms with Crippen LogP contribution in [0.5, 0.6) is 0 Å². The summed E-state index contributed by atoms with van der Waals surface area (Å²) >= 11 is 0. The van der Waals surface area contributed by atoms with Crippen molar-refractivity contribution in [1.29, 1.82) is 0 Å². The molecule has 56 heavy (non-hydrogen) atoms. The first-order valence-electron chi connectivity index (χ1n) is 24.7. The van der Waals surface area contributed by atoms with Crippen LogP contribution in [0.25, 0.3) is 0 Å². The van der Waals surface area contributed by atoms with E-state index in [1.165, 1.54) is 25.8 Å². The predicted octanol–water partition coefficient (Wildman–Crippen LogP) is 8.87. The van der Waals surface area contributed by atoms with Crippen molar-refractivity contribution in [2.24, 2.45) is 153 Å². The van der Waals surface area contributed by atoms with Crippen LogP contribution in [-0.2, 0) is 9.47 Å². The Hall–Kier alpha value is -1.68. The second-order valence-corrected chi connectivity index (χ2v) is 24.7. The standard InChI is InChI=1S/C53H61NO2/c1-20-5-3-4-6-28(20)52-53-18-27-16-25-14-22-11-21-12-24-13-23-15-26-17-29(30(53)19-54(52)7-8-56-10-9-55-2)38-43-34(26)33(23)40-35(24)39-31(21)32(22)41-36(25)42-37(27)51(53)50(38)49-47(42)45(41)44(39)46(40)48(43)49/h3-6,12,21-23,25,27,30-33,35-37,39-52H,7-11,13-19H2,1-2H3. The minimum atomic E-state index is 0.408. The zero-order chi connectivity index (χ0) is 35.6. The number of allylic oxidation sites excluding steroid dienone is 5. The second-order valence-electron chi connectivity index (χ2n) is 24.7. The lowest BCUT2D eigenvalue weighted by Crippen LogP contribution is -2.59. The summed E-state index contributed by atoms with van der Waals surface area (Å²) in [6, 6.07) is 10.4. The van der Waals surface area contributed by atoms with E-state index in [0.29, 0.717) is 18.1 Å². The van der Waals surface area contributed by atoms with Crippen LogP contribution in [0.15, 0.2) is 58.2 Å². The van der Waals surface area contributed by atoms with E-state index in [1.54, 1.807) is 36.8 Å². The molecule has 1 heterocycles. The van der Waals surface area contributed by atoms with E-state index < -0.39 is 0 Å². The molecule has 290 valence electrons. The van der Waals surface area contributed by atoms with Crippen LogP contribution in [0.1, 0.15) is 62.1 Å². The molecule has 1 aromatic carbocycles. The van der Waals surface area contributed by atoms with Crippen molar-refractivity contribution in [3.8, 4) is 0 Å². The van der Waals surface area contributed by atoms with Gasteiger partial charge in [-0.2, -0.15) is 0 Å². The number of rotatable bonds is 7. The first-order chi connectivity index (χ1) is 27.7. The van der Waals surface area contributed by atoms with Crippen LogP contribution < -0.4 is 0 Å². The Labute approximate surface area is 333 Å². The van der Waals surface area contributed by atoms with E-state index in [1.807, 2.05) is 7.11 Å². The summed E-state index contributed by atoms with van der Waals surface area (Å²) in [6.07, 6.45) is 14.0. The molecular formula is C53H61NO2. The molecule has 16 aliphatic carbocycles. The predicted molar refractivity (Wildman–Crippen MR) is 212 cm³/mol. The summed E-state index contributed by atoms with van der Waals surface area (Å²) in [7, 11) is 1.82. The Morgan fingerprint density at radius 3 is 2.39 bits per heavy atom. The van der Waals surface area contributed by atoms with Crippen molar-refractivity contribution in [3.05, 3.63) is 69.3 Å². The fourth-order valence-corrected chi connectivity index (χ4v) is 25.8. The number of methoxy groups -OCH3 is 1. The summed E-state index contributed by atoms with van der Waals surface area (Å²) in [5.41, 5.74) is 14.4. The highest BCUT2D eigenvalue weighted by molar-refractivity contribution is 5.57. The third-order valence-corrected chi connectivity index (χ3v) is 24.8. The van der Waals surface area contributed by atoms with Gasteiger partial charge in [-0.25, -0.2) is 0 Å². The number of aryl methyl sites for hydroxylation is 1. The molecule has 1 aromatic rings. The molecule has 0 aromatic heterocycles. The van der Waals surface area contributed by atoms with Gasteiger partial charge in [-0.1, -0.05) is 58.2 Å². The van der Waals surface area contributed by atoms with Gasteiger partial charge >= 0.3 is 0 Å². The molecule has 17 aliphatic rings. The normalized spacial score (nSPS) is 64.1. The average molecular weight is 744 g/mol. The lowest BCUT2D eigenvalue weighted by molar-refractivity contribution is -0.147. The lowest BCUT2D eigenvalue weighted by atomic mass is 9.41.